The average molecular weight is 233 g/mol. The topological polar surface area (TPSA) is 52.4 Å². The van der Waals surface area contributed by atoms with Gasteiger partial charge in [-0.1, -0.05) is 12.5 Å². The SMILES string of the molecule is O=[N+]([O-])c1cccc2c1CC1(CCCCC1)O2. The number of nitro benzene ring substituents is 1. The monoisotopic (exact) mass is 233 g/mol. The highest BCUT2D eigenvalue weighted by Gasteiger charge is 2.42. The molecular formula is C13H15NO3. The van der Waals surface area contributed by atoms with Crippen LogP contribution in [0.25, 0.3) is 0 Å². The molecule has 17 heavy (non-hydrogen) atoms. The molecule has 4 nitrogen and oxygen atoms in total. The lowest BCUT2D eigenvalue weighted by Crippen LogP contribution is -2.36. The van der Waals surface area contributed by atoms with Gasteiger partial charge >= 0.3 is 0 Å². The molecule has 1 aromatic rings. The molecule has 1 spiro atoms. The van der Waals surface area contributed by atoms with E-state index < -0.39 is 0 Å². The van der Waals surface area contributed by atoms with Gasteiger partial charge in [0.2, 0.25) is 0 Å². The van der Waals surface area contributed by atoms with Gasteiger partial charge in [-0.3, -0.25) is 10.1 Å². The molecule has 1 saturated carbocycles. The Morgan fingerprint density at radius 2 is 2.00 bits per heavy atom. The molecule has 3 rings (SSSR count). The van der Waals surface area contributed by atoms with Crippen molar-refractivity contribution in [2.75, 3.05) is 0 Å². The van der Waals surface area contributed by atoms with E-state index in [4.69, 9.17) is 4.74 Å². The number of benzene rings is 1. The van der Waals surface area contributed by atoms with E-state index in [1.165, 1.54) is 19.3 Å². The smallest absolute Gasteiger partial charge is 0.276 e. The first kappa shape index (κ1) is 10.6. The zero-order valence-electron chi connectivity index (χ0n) is 9.65. The van der Waals surface area contributed by atoms with Gasteiger partial charge < -0.3 is 4.74 Å². The molecule has 0 atom stereocenters. The summed E-state index contributed by atoms with van der Waals surface area (Å²) in [6, 6.07) is 5.13. The van der Waals surface area contributed by atoms with Gasteiger partial charge in [0.25, 0.3) is 5.69 Å². The highest BCUT2D eigenvalue weighted by atomic mass is 16.6. The first-order valence-corrected chi connectivity index (χ1v) is 6.16. The summed E-state index contributed by atoms with van der Waals surface area (Å²) >= 11 is 0. The lowest BCUT2D eigenvalue weighted by Gasteiger charge is -2.32. The van der Waals surface area contributed by atoms with E-state index in [-0.39, 0.29) is 16.2 Å². The molecule has 2 aliphatic rings. The molecule has 0 amide bonds. The number of rotatable bonds is 1. The first-order valence-electron chi connectivity index (χ1n) is 6.16. The van der Waals surface area contributed by atoms with E-state index in [1.807, 2.05) is 6.07 Å². The zero-order chi connectivity index (χ0) is 11.9. The Hall–Kier alpha value is -1.58. The molecule has 1 aliphatic heterocycles. The summed E-state index contributed by atoms with van der Waals surface area (Å²) in [4.78, 5) is 10.7. The minimum atomic E-state index is -0.302. The molecule has 1 aromatic carbocycles. The molecular weight excluding hydrogens is 218 g/mol. The van der Waals surface area contributed by atoms with E-state index in [2.05, 4.69) is 0 Å². The third-order valence-corrected chi connectivity index (χ3v) is 3.90. The second-order valence-corrected chi connectivity index (χ2v) is 5.03. The van der Waals surface area contributed by atoms with Crippen LogP contribution in [0.15, 0.2) is 18.2 Å². The molecule has 0 bridgehead atoms. The van der Waals surface area contributed by atoms with Crippen molar-refractivity contribution in [3.05, 3.63) is 33.9 Å². The maximum Gasteiger partial charge on any atom is 0.276 e. The molecule has 0 saturated heterocycles. The summed E-state index contributed by atoms with van der Waals surface area (Å²) in [5, 5.41) is 11.0. The van der Waals surface area contributed by atoms with Crippen LogP contribution in [-0.2, 0) is 6.42 Å². The fourth-order valence-corrected chi connectivity index (χ4v) is 3.06. The second kappa shape index (κ2) is 3.72. The van der Waals surface area contributed by atoms with E-state index in [0.717, 1.165) is 24.2 Å². The Labute approximate surface area is 99.7 Å². The van der Waals surface area contributed by atoms with E-state index >= 15 is 0 Å². The van der Waals surface area contributed by atoms with Gasteiger partial charge in [0.1, 0.15) is 11.4 Å². The van der Waals surface area contributed by atoms with Crippen LogP contribution in [0.3, 0.4) is 0 Å². The van der Waals surface area contributed by atoms with Crippen molar-refractivity contribution >= 4 is 5.69 Å². The predicted octanol–water partition coefficient (Wildman–Crippen LogP) is 3.23. The molecule has 1 heterocycles. The lowest BCUT2D eigenvalue weighted by atomic mass is 9.82. The summed E-state index contributed by atoms with van der Waals surface area (Å²) < 4.78 is 6.02. The number of fused-ring (bicyclic) bond motifs is 1. The maximum absolute atomic E-state index is 11.0. The maximum atomic E-state index is 11.0. The Morgan fingerprint density at radius 1 is 1.24 bits per heavy atom. The predicted molar refractivity (Wildman–Crippen MR) is 63.2 cm³/mol. The van der Waals surface area contributed by atoms with Crippen molar-refractivity contribution in [3.8, 4) is 5.75 Å². The lowest BCUT2D eigenvalue weighted by molar-refractivity contribution is -0.385. The Kier molecular flexibility index (Phi) is 2.31. The van der Waals surface area contributed by atoms with Crippen LogP contribution in [-0.4, -0.2) is 10.5 Å². The minimum Gasteiger partial charge on any atom is -0.486 e. The number of hydrogen-bond acceptors (Lipinski definition) is 3. The minimum absolute atomic E-state index is 0.146. The number of ether oxygens (including phenoxy) is 1. The zero-order valence-corrected chi connectivity index (χ0v) is 9.65. The summed E-state index contributed by atoms with van der Waals surface area (Å²) in [5.41, 5.74) is 0.858. The van der Waals surface area contributed by atoms with Gasteiger partial charge in [0, 0.05) is 12.5 Å². The van der Waals surface area contributed by atoms with Crippen LogP contribution in [0.4, 0.5) is 5.69 Å². The highest BCUT2D eigenvalue weighted by molar-refractivity contribution is 5.53. The van der Waals surface area contributed by atoms with Crippen molar-refractivity contribution in [2.24, 2.45) is 0 Å². The first-order chi connectivity index (χ1) is 8.20. The average Bonchev–Trinajstić information content (AvgIpc) is 2.66. The van der Waals surface area contributed by atoms with Gasteiger partial charge in [0.05, 0.1) is 10.5 Å². The summed E-state index contributed by atoms with van der Waals surface area (Å²) in [7, 11) is 0. The third-order valence-electron chi connectivity index (χ3n) is 3.90. The molecule has 90 valence electrons. The summed E-state index contributed by atoms with van der Waals surface area (Å²) in [6.07, 6.45) is 6.35. The standard InChI is InChI=1S/C13H15NO3/c15-14(16)11-5-4-6-12-10(11)9-13(17-12)7-2-1-3-8-13/h4-6H,1-3,7-9H2. The molecule has 0 unspecified atom stereocenters. The van der Waals surface area contributed by atoms with E-state index in [1.54, 1.807) is 12.1 Å². The quantitative estimate of drug-likeness (QED) is 0.552. The molecule has 1 aliphatic carbocycles. The molecule has 0 aromatic heterocycles. The van der Waals surface area contributed by atoms with Crippen LogP contribution in [0, 0.1) is 10.1 Å². The van der Waals surface area contributed by atoms with Crippen molar-refractivity contribution in [2.45, 2.75) is 44.1 Å². The van der Waals surface area contributed by atoms with Crippen LogP contribution in [0.5, 0.6) is 5.75 Å². The molecule has 4 heteroatoms. The normalized spacial score (nSPS) is 20.9. The fraction of sp³-hybridized carbons (Fsp3) is 0.538. The second-order valence-electron chi connectivity index (χ2n) is 5.03. The highest BCUT2D eigenvalue weighted by Crippen LogP contribution is 2.46. The van der Waals surface area contributed by atoms with Crippen molar-refractivity contribution in [3.63, 3.8) is 0 Å². The fourth-order valence-electron chi connectivity index (χ4n) is 3.06. The summed E-state index contributed by atoms with van der Waals surface area (Å²) in [5.74, 6) is 0.723. The van der Waals surface area contributed by atoms with E-state index in [9.17, 15) is 10.1 Å². The van der Waals surface area contributed by atoms with Gasteiger partial charge in [-0.2, -0.15) is 0 Å². The Balaban J connectivity index is 1.97. The Bertz CT molecular complexity index is 464. The largest absolute Gasteiger partial charge is 0.486 e. The summed E-state index contributed by atoms with van der Waals surface area (Å²) in [6.45, 7) is 0. The van der Waals surface area contributed by atoms with Crippen LogP contribution in [0.1, 0.15) is 37.7 Å². The molecule has 1 fully saturated rings. The number of nitro groups is 1. The van der Waals surface area contributed by atoms with E-state index in [0.29, 0.717) is 6.42 Å². The molecule has 0 N–H and O–H groups in total. The van der Waals surface area contributed by atoms with Gasteiger partial charge in [-0.25, -0.2) is 0 Å². The van der Waals surface area contributed by atoms with Crippen LogP contribution >= 0.6 is 0 Å². The van der Waals surface area contributed by atoms with Gasteiger partial charge in [-0.15, -0.1) is 0 Å². The number of nitrogens with zero attached hydrogens (tertiary/aromatic N) is 1. The molecule has 0 radical (unpaired) electrons. The number of hydrogen-bond donors (Lipinski definition) is 0. The Morgan fingerprint density at radius 3 is 2.71 bits per heavy atom. The van der Waals surface area contributed by atoms with Crippen molar-refractivity contribution < 1.29 is 9.66 Å². The third kappa shape index (κ3) is 1.68. The van der Waals surface area contributed by atoms with Crippen molar-refractivity contribution in [1.29, 1.82) is 0 Å². The van der Waals surface area contributed by atoms with Crippen molar-refractivity contribution in [1.82, 2.24) is 0 Å². The van der Waals surface area contributed by atoms with Crippen LogP contribution in [0.2, 0.25) is 0 Å². The van der Waals surface area contributed by atoms with Gasteiger partial charge in [-0.05, 0) is 31.7 Å². The van der Waals surface area contributed by atoms with Gasteiger partial charge in [0.15, 0.2) is 0 Å². The van der Waals surface area contributed by atoms with Crippen LogP contribution < -0.4 is 4.74 Å².